The fourth-order valence-corrected chi connectivity index (χ4v) is 1.89. The predicted octanol–water partition coefficient (Wildman–Crippen LogP) is 2.72. The average molecular weight is 340 g/mol. The van der Waals surface area contributed by atoms with Gasteiger partial charge in [0.05, 0.1) is 17.4 Å². The molecular formula is C10H8BrF2NO5. The lowest BCUT2D eigenvalue weighted by atomic mass is 10.1. The van der Waals surface area contributed by atoms with Crippen LogP contribution in [0.4, 0.5) is 14.5 Å². The lowest BCUT2D eigenvalue weighted by Crippen LogP contribution is -2.08. The number of nitro groups is 1. The van der Waals surface area contributed by atoms with Gasteiger partial charge in [-0.2, -0.15) is 8.78 Å². The van der Waals surface area contributed by atoms with Crippen LogP contribution in [0.3, 0.4) is 0 Å². The van der Waals surface area contributed by atoms with Gasteiger partial charge >= 0.3 is 12.6 Å². The third kappa shape index (κ3) is 4.12. The maximum Gasteiger partial charge on any atom is 0.387 e. The molecule has 1 aromatic rings. The van der Waals surface area contributed by atoms with E-state index in [1.165, 1.54) is 6.07 Å². The van der Waals surface area contributed by atoms with Crippen LogP contribution in [0.5, 0.6) is 5.75 Å². The van der Waals surface area contributed by atoms with E-state index in [1.807, 2.05) is 0 Å². The van der Waals surface area contributed by atoms with Gasteiger partial charge in [0, 0.05) is 16.5 Å². The molecule has 1 aromatic carbocycles. The molecule has 0 fully saturated rings. The number of carbonyl (C=O) groups is 1. The first-order chi connectivity index (χ1) is 8.85. The first kappa shape index (κ1) is 15.3. The van der Waals surface area contributed by atoms with Crippen LogP contribution in [0.25, 0.3) is 0 Å². The molecule has 0 aromatic heterocycles. The normalized spacial score (nSPS) is 10.5. The minimum absolute atomic E-state index is 0.0754. The fourth-order valence-electron chi connectivity index (χ4n) is 1.45. The summed E-state index contributed by atoms with van der Waals surface area (Å²) >= 11 is 3.02. The van der Waals surface area contributed by atoms with Gasteiger partial charge in [-0.3, -0.25) is 14.9 Å². The highest BCUT2D eigenvalue weighted by Crippen LogP contribution is 2.32. The number of halogens is 3. The van der Waals surface area contributed by atoms with Crippen molar-refractivity contribution in [3.05, 3.63) is 33.4 Å². The van der Waals surface area contributed by atoms with Gasteiger partial charge in [-0.25, -0.2) is 0 Å². The summed E-state index contributed by atoms with van der Waals surface area (Å²) in [4.78, 5) is 20.6. The number of rotatable bonds is 6. The number of alkyl halides is 3. The van der Waals surface area contributed by atoms with E-state index in [2.05, 4.69) is 20.7 Å². The Bertz CT molecular complexity index is 509. The van der Waals surface area contributed by atoms with Gasteiger partial charge in [-0.05, 0) is 6.07 Å². The molecule has 0 saturated carbocycles. The van der Waals surface area contributed by atoms with Crippen molar-refractivity contribution in [3.63, 3.8) is 0 Å². The third-order valence-corrected chi connectivity index (χ3v) is 2.76. The Morgan fingerprint density at radius 2 is 2.11 bits per heavy atom. The van der Waals surface area contributed by atoms with Gasteiger partial charge < -0.3 is 9.84 Å². The van der Waals surface area contributed by atoms with Crippen molar-refractivity contribution in [2.24, 2.45) is 0 Å². The second-order valence-corrected chi connectivity index (χ2v) is 3.99. The molecule has 0 amide bonds. The monoisotopic (exact) mass is 339 g/mol. The summed E-state index contributed by atoms with van der Waals surface area (Å²) in [5.74, 6) is -1.61. The molecule has 0 bridgehead atoms. The minimum atomic E-state index is -3.12. The van der Waals surface area contributed by atoms with Crippen LogP contribution < -0.4 is 4.74 Å². The van der Waals surface area contributed by atoms with Crippen molar-refractivity contribution < 1.29 is 28.3 Å². The summed E-state index contributed by atoms with van der Waals surface area (Å²) in [6.07, 6.45) is -0.578. The number of ether oxygens (including phenoxy) is 1. The number of aliphatic carboxylic acids is 1. The van der Waals surface area contributed by atoms with Gasteiger partial charge in [-0.1, -0.05) is 15.9 Å². The molecule has 0 saturated heterocycles. The Kier molecular flexibility index (Phi) is 5.16. The predicted molar refractivity (Wildman–Crippen MR) is 63.7 cm³/mol. The largest absolute Gasteiger partial charge is 0.481 e. The van der Waals surface area contributed by atoms with E-state index in [4.69, 9.17) is 5.11 Å². The number of hydrogen-bond acceptors (Lipinski definition) is 4. The SMILES string of the molecule is O=C(O)Cc1cc(CBr)c(OC(F)F)cc1[N+](=O)[O-]. The molecule has 19 heavy (non-hydrogen) atoms. The number of carboxylic acids is 1. The zero-order valence-corrected chi connectivity index (χ0v) is 10.9. The molecule has 9 heteroatoms. The van der Waals surface area contributed by atoms with E-state index >= 15 is 0 Å². The highest BCUT2D eigenvalue weighted by Gasteiger charge is 2.21. The van der Waals surface area contributed by atoms with Gasteiger partial charge in [0.2, 0.25) is 0 Å². The summed E-state index contributed by atoms with van der Waals surface area (Å²) in [6, 6.07) is 1.97. The Morgan fingerprint density at radius 3 is 2.53 bits per heavy atom. The Morgan fingerprint density at radius 1 is 1.47 bits per heavy atom. The zero-order valence-electron chi connectivity index (χ0n) is 9.31. The lowest BCUT2D eigenvalue weighted by molar-refractivity contribution is -0.385. The lowest BCUT2D eigenvalue weighted by Gasteiger charge is -2.11. The van der Waals surface area contributed by atoms with E-state index < -0.39 is 29.6 Å². The van der Waals surface area contributed by atoms with E-state index in [0.717, 1.165) is 6.07 Å². The van der Waals surface area contributed by atoms with Crippen LogP contribution in [0, 0.1) is 10.1 Å². The van der Waals surface area contributed by atoms with Crippen LogP contribution >= 0.6 is 15.9 Å². The molecule has 0 radical (unpaired) electrons. The van der Waals surface area contributed by atoms with Crippen molar-refractivity contribution in [1.29, 1.82) is 0 Å². The summed E-state index contributed by atoms with van der Waals surface area (Å²) < 4.78 is 28.5. The van der Waals surface area contributed by atoms with E-state index in [9.17, 15) is 23.7 Å². The van der Waals surface area contributed by atoms with E-state index in [-0.39, 0.29) is 22.2 Å². The van der Waals surface area contributed by atoms with Crippen molar-refractivity contribution >= 4 is 27.6 Å². The molecule has 0 aliphatic carbocycles. The second kappa shape index (κ2) is 6.41. The molecule has 0 aliphatic heterocycles. The summed E-state index contributed by atoms with van der Waals surface area (Å²) in [6.45, 7) is -3.12. The first-order valence-electron chi connectivity index (χ1n) is 4.88. The Hall–Kier alpha value is -1.77. The maximum absolute atomic E-state index is 12.2. The number of nitro benzene ring substituents is 1. The van der Waals surface area contributed by atoms with E-state index in [1.54, 1.807) is 0 Å². The molecule has 0 spiro atoms. The molecular weight excluding hydrogens is 332 g/mol. The highest BCUT2D eigenvalue weighted by molar-refractivity contribution is 9.08. The highest BCUT2D eigenvalue weighted by atomic mass is 79.9. The van der Waals surface area contributed by atoms with Crippen molar-refractivity contribution in [3.8, 4) is 5.75 Å². The molecule has 0 heterocycles. The smallest absolute Gasteiger partial charge is 0.387 e. The molecule has 0 atom stereocenters. The van der Waals surface area contributed by atoms with Gasteiger partial charge in [-0.15, -0.1) is 0 Å². The quantitative estimate of drug-likeness (QED) is 0.489. The Labute approximate surface area is 114 Å². The zero-order chi connectivity index (χ0) is 14.6. The maximum atomic E-state index is 12.2. The third-order valence-electron chi connectivity index (χ3n) is 2.16. The fraction of sp³-hybridized carbons (Fsp3) is 0.300. The summed E-state index contributed by atoms with van der Waals surface area (Å²) in [7, 11) is 0. The number of hydrogen-bond donors (Lipinski definition) is 1. The second-order valence-electron chi connectivity index (χ2n) is 3.43. The first-order valence-corrected chi connectivity index (χ1v) is 6.00. The minimum Gasteiger partial charge on any atom is -0.481 e. The summed E-state index contributed by atoms with van der Waals surface area (Å²) in [5.41, 5.74) is -0.432. The molecule has 0 aliphatic rings. The van der Waals surface area contributed by atoms with Gasteiger partial charge in [0.25, 0.3) is 5.69 Å². The van der Waals surface area contributed by atoms with E-state index in [0.29, 0.717) is 0 Å². The number of benzene rings is 1. The molecule has 104 valence electrons. The molecule has 6 nitrogen and oxygen atoms in total. The number of carboxylic acid groups (broad SMARTS) is 1. The average Bonchev–Trinajstić information content (AvgIpc) is 2.28. The topological polar surface area (TPSA) is 89.7 Å². The van der Waals surface area contributed by atoms with Crippen LogP contribution in [-0.4, -0.2) is 22.6 Å². The summed E-state index contributed by atoms with van der Waals surface area (Å²) in [5, 5.41) is 19.6. The Balaban J connectivity index is 3.32. The van der Waals surface area contributed by atoms with Gasteiger partial charge in [0.1, 0.15) is 5.75 Å². The standard InChI is InChI=1S/C10H8BrF2NO5/c11-4-6-1-5(2-9(15)16)7(14(17)18)3-8(6)19-10(12)13/h1,3,10H,2,4H2,(H,15,16). The van der Waals surface area contributed by atoms with Crippen molar-refractivity contribution in [2.75, 3.05) is 0 Å². The van der Waals surface area contributed by atoms with Crippen LogP contribution in [-0.2, 0) is 16.5 Å². The van der Waals surface area contributed by atoms with Crippen LogP contribution in [0.15, 0.2) is 12.1 Å². The number of nitrogens with zero attached hydrogens (tertiary/aromatic N) is 1. The molecule has 0 unspecified atom stereocenters. The van der Waals surface area contributed by atoms with Crippen molar-refractivity contribution in [1.82, 2.24) is 0 Å². The van der Waals surface area contributed by atoms with Gasteiger partial charge in [0.15, 0.2) is 0 Å². The molecule has 1 rings (SSSR count). The van der Waals surface area contributed by atoms with Crippen LogP contribution in [0.2, 0.25) is 0 Å². The van der Waals surface area contributed by atoms with Crippen LogP contribution in [0.1, 0.15) is 11.1 Å². The van der Waals surface area contributed by atoms with Crippen molar-refractivity contribution in [2.45, 2.75) is 18.4 Å². The molecule has 1 N–H and O–H groups in total.